The number of nitrogens with zero attached hydrogens (tertiary/aromatic N) is 1. The molecule has 0 aliphatic carbocycles. The second-order valence-electron chi connectivity index (χ2n) is 6.37. The molecule has 1 aromatic heterocycles. The summed E-state index contributed by atoms with van der Waals surface area (Å²) in [6, 6.07) is 10.6. The van der Waals surface area contributed by atoms with Crippen LogP contribution in [0.5, 0.6) is 5.75 Å². The maximum Gasteiger partial charge on any atom is 0.124 e. The molecular weight excluding hydrogens is 288 g/mol. The first-order valence-corrected chi connectivity index (χ1v) is 8.33. The Morgan fingerprint density at radius 1 is 1.30 bits per heavy atom. The average Bonchev–Trinajstić information content (AvgIpc) is 3.19. The van der Waals surface area contributed by atoms with Crippen LogP contribution >= 0.6 is 0 Å². The molecule has 1 N–H and O–H groups in total. The number of rotatable bonds is 7. The largest absolute Gasteiger partial charge is 0.493 e. The highest BCUT2D eigenvalue weighted by Gasteiger charge is 2.17. The SMILES string of the molecule is Cc1ccc(CNCc2cccn2C)c(OC[C@H]2CCOC2)c1. The smallest absolute Gasteiger partial charge is 0.124 e. The summed E-state index contributed by atoms with van der Waals surface area (Å²) in [5.74, 6) is 1.52. The third-order valence-electron chi connectivity index (χ3n) is 4.39. The van der Waals surface area contributed by atoms with Gasteiger partial charge < -0.3 is 19.4 Å². The number of hydrogen-bond donors (Lipinski definition) is 1. The van der Waals surface area contributed by atoms with E-state index in [1.807, 2.05) is 0 Å². The molecule has 1 aromatic carbocycles. The van der Waals surface area contributed by atoms with E-state index in [9.17, 15) is 0 Å². The first-order valence-electron chi connectivity index (χ1n) is 8.33. The summed E-state index contributed by atoms with van der Waals surface area (Å²) < 4.78 is 13.6. The molecule has 23 heavy (non-hydrogen) atoms. The third-order valence-corrected chi connectivity index (χ3v) is 4.39. The van der Waals surface area contributed by atoms with Gasteiger partial charge in [0, 0.05) is 50.1 Å². The van der Waals surface area contributed by atoms with Gasteiger partial charge in [-0.25, -0.2) is 0 Å². The lowest BCUT2D eigenvalue weighted by Crippen LogP contribution is -2.17. The van der Waals surface area contributed by atoms with Crippen LogP contribution in [0.1, 0.15) is 23.2 Å². The molecule has 3 rings (SSSR count). The van der Waals surface area contributed by atoms with Crippen LogP contribution in [0.25, 0.3) is 0 Å². The van der Waals surface area contributed by atoms with Crippen LogP contribution in [0, 0.1) is 12.8 Å². The monoisotopic (exact) mass is 314 g/mol. The number of ether oxygens (including phenoxy) is 2. The molecule has 0 spiro atoms. The second-order valence-corrected chi connectivity index (χ2v) is 6.37. The summed E-state index contributed by atoms with van der Waals surface area (Å²) in [5, 5.41) is 3.51. The van der Waals surface area contributed by atoms with Gasteiger partial charge in [-0.05, 0) is 37.1 Å². The zero-order valence-electron chi connectivity index (χ0n) is 14.0. The van der Waals surface area contributed by atoms with Gasteiger partial charge in [-0.15, -0.1) is 0 Å². The Morgan fingerprint density at radius 3 is 2.96 bits per heavy atom. The van der Waals surface area contributed by atoms with Gasteiger partial charge in [-0.1, -0.05) is 12.1 Å². The van der Waals surface area contributed by atoms with Crippen molar-refractivity contribution >= 4 is 0 Å². The van der Waals surface area contributed by atoms with Crippen LogP contribution in [0.4, 0.5) is 0 Å². The van der Waals surface area contributed by atoms with Crippen molar-refractivity contribution in [3.05, 3.63) is 53.3 Å². The van der Waals surface area contributed by atoms with Gasteiger partial charge in [0.25, 0.3) is 0 Å². The lowest BCUT2D eigenvalue weighted by atomic mass is 10.1. The second kappa shape index (κ2) is 7.66. The van der Waals surface area contributed by atoms with Crippen LogP contribution in [0.15, 0.2) is 36.5 Å². The van der Waals surface area contributed by atoms with E-state index in [1.54, 1.807) is 0 Å². The first kappa shape index (κ1) is 16.1. The molecule has 1 saturated heterocycles. The van der Waals surface area contributed by atoms with Crippen molar-refractivity contribution in [2.24, 2.45) is 13.0 Å². The van der Waals surface area contributed by atoms with Gasteiger partial charge in [0.15, 0.2) is 0 Å². The lowest BCUT2D eigenvalue weighted by Gasteiger charge is -2.15. The van der Waals surface area contributed by atoms with E-state index >= 15 is 0 Å². The minimum absolute atomic E-state index is 0.527. The number of nitrogens with one attached hydrogen (secondary N) is 1. The van der Waals surface area contributed by atoms with Gasteiger partial charge >= 0.3 is 0 Å². The van der Waals surface area contributed by atoms with Crippen LogP contribution in [-0.4, -0.2) is 24.4 Å². The molecule has 1 fully saturated rings. The summed E-state index contributed by atoms with van der Waals surface area (Å²) in [5.41, 5.74) is 3.72. The predicted molar refractivity (Wildman–Crippen MR) is 91.6 cm³/mol. The van der Waals surface area contributed by atoms with E-state index in [4.69, 9.17) is 9.47 Å². The van der Waals surface area contributed by atoms with E-state index in [0.717, 1.165) is 45.1 Å². The topological polar surface area (TPSA) is 35.4 Å². The van der Waals surface area contributed by atoms with Crippen LogP contribution in [-0.2, 0) is 24.9 Å². The van der Waals surface area contributed by atoms with Gasteiger partial charge in [0.1, 0.15) is 5.75 Å². The Bertz CT molecular complexity index is 630. The molecule has 0 saturated carbocycles. The molecule has 1 atom stereocenters. The van der Waals surface area contributed by atoms with Gasteiger partial charge in [0.2, 0.25) is 0 Å². The Morgan fingerprint density at radius 2 is 2.22 bits per heavy atom. The zero-order valence-corrected chi connectivity index (χ0v) is 14.0. The Labute approximate surface area is 138 Å². The predicted octanol–water partition coefficient (Wildman–Crippen LogP) is 3.04. The molecule has 0 amide bonds. The summed E-state index contributed by atoms with van der Waals surface area (Å²) >= 11 is 0. The molecule has 1 aliphatic heterocycles. The van der Waals surface area contributed by atoms with Crippen molar-refractivity contribution in [1.29, 1.82) is 0 Å². The summed E-state index contributed by atoms with van der Waals surface area (Å²) in [7, 11) is 2.07. The maximum absolute atomic E-state index is 6.09. The van der Waals surface area contributed by atoms with Crippen molar-refractivity contribution in [3.8, 4) is 5.75 Å². The number of hydrogen-bond acceptors (Lipinski definition) is 3. The van der Waals surface area contributed by atoms with Crippen molar-refractivity contribution in [3.63, 3.8) is 0 Å². The van der Waals surface area contributed by atoms with Gasteiger partial charge in [0.05, 0.1) is 13.2 Å². The van der Waals surface area contributed by atoms with Gasteiger partial charge in [-0.2, -0.15) is 0 Å². The van der Waals surface area contributed by atoms with Crippen molar-refractivity contribution < 1.29 is 9.47 Å². The average molecular weight is 314 g/mol. The summed E-state index contributed by atoms with van der Waals surface area (Å²) in [4.78, 5) is 0. The fourth-order valence-corrected chi connectivity index (χ4v) is 2.87. The van der Waals surface area contributed by atoms with E-state index in [1.165, 1.54) is 16.8 Å². The lowest BCUT2D eigenvalue weighted by molar-refractivity contribution is 0.166. The van der Waals surface area contributed by atoms with Crippen molar-refractivity contribution in [2.75, 3.05) is 19.8 Å². The number of benzene rings is 1. The molecule has 2 aromatic rings. The molecular formula is C19H26N2O2. The molecule has 1 aliphatic rings. The minimum atomic E-state index is 0.527. The molecule has 4 nitrogen and oxygen atoms in total. The van der Waals surface area contributed by atoms with Gasteiger partial charge in [-0.3, -0.25) is 0 Å². The molecule has 0 unspecified atom stereocenters. The van der Waals surface area contributed by atoms with Crippen LogP contribution < -0.4 is 10.1 Å². The molecule has 2 heterocycles. The molecule has 4 heteroatoms. The Balaban J connectivity index is 1.57. The molecule has 0 bridgehead atoms. The highest BCUT2D eigenvalue weighted by atomic mass is 16.5. The fraction of sp³-hybridized carbons (Fsp3) is 0.474. The molecule has 124 valence electrons. The van der Waals surface area contributed by atoms with E-state index < -0.39 is 0 Å². The highest BCUT2D eigenvalue weighted by molar-refractivity contribution is 5.37. The van der Waals surface area contributed by atoms with Crippen molar-refractivity contribution in [1.82, 2.24) is 9.88 Å². The van der Waals surface area contributed by atoms with Crippen LogP contribution in [0.3, 0.4) is 0 Å². The maximum atomic E-state index is 6.09. The highest BCUT2D eigenvalue weighted by Crippen LogP contribution is 2.22. The zero-order chi connectivity index (χ0) is 16.1. The van der Waals surface area contributed by atoms with E-state index in [0.29, 0.717) is 5.92 Å². The number of aromatic nitrogens is 1. The minimum Gasteiger partial charge on any atom is -0.493 e. The third kappa shape index (κ3) is 4.36. The van der Waals surface area contributed by atoms with Crippen molar-refractivity contribution in [2.45, 2.75) is 26.4 Å². The van der Waals surface area contributed by atoms with Crippen LogP contribution in [0.2, 0.25) is 0 Å². The summed E-state index contributed by atoms with van der Waals surface area (Å²) in [6.45, 7) is 6.20. The van der Waals surface area contributed by atoms with E-state index in [-0.39, 0.29) is 0 Å². The first-order chi connectivity index (χ1) is 11.2. The quantitative estimate of drug-likeness (QED) is 0.853. The number of aryl methyl sites for hydroxylation is 2. The standard InChI is InChI=1S/C19H26N2O2/c1-15-5-6-17(11-20-12-18-4-3-8-21(18)2)19(10-15)23-14-16-7-9-22-13-16/h3-6,8,10,16,20H,7,9,11-14H2,1-2H3/t16-/m0/s1. The summed E-state index contributed by atoms with van der Waals surface area (Å²) in [6.07, 6.45) is 3.17. The molecule has 0 radical (unpaired) electrons. The normalized spacial score (nSPS) is 17.6. The Kier molecular flexibility index (Phi) is 5.36. The Hall–Kier alpha value is -1.78. The fourth-order valence-electron chi connectivity index (χ4n) is 2.87. The van der Waals surface area contributed by atoms with E-state index in [2.05, 4.69) is 60.4 Å².